The molecule has 0 amide bonds. The van der Waals surface area contributed by atoms with E-state index >= 15 is 0 Å². The zero-order valence-electron chi connectivity index (χ0n) is 7.03. The molecule has 4 nitrogen and oxygen atoms in total. The molecule has 0 aliphatic carbocycles. The molecule has 1 heterocycles. The zero-order valence-corrected chi connectivity index (χ0v) is 7.03. The van der Waals surface area contributed by atoms with Crippen LogP contribution < -0.4 is 0 Å². The lowest BCUT2D eigenvalue weighted by Gasteiger charge is -2.02. The number of carboxylic acids is 1. The van der Waals surface area contributed by atoms with Crippen molar-refractivity contribution in [3.05, 3.63) is 18.2 Å². The van der Waals surface area contributed by atoms with Crippen LogP contribution in [0.3, 0.4) is 0 Å². The summed E-state index contributed by atoms with van der Waals surface area (Å²) in [4.78, 5) is 14.3. The smallest absolute Gasteiger partial charge is 0.309 e. The summed E-state index contributed by atoms with van der Waals surface area (Å²) >= 11 is 0. The number of hydrogen-bond donors (Lipinski definition) is 1. The second-order valence-electron chi connectivity index (χ2n) is 2.65. The van der Waals surface area contributed by atoms with Crippen molar-refractivity contribution in [2.24, 2.45) is 0 Å². The van der Waals surface area contributed by atoms with Crippen molar-refractivity contribution in [2.75, 3.05) is 0 Å². The summed E-state index contributed by atoms with van der Waals surface area (Å²) in [5, 5.41) is 8.54. The minimum atomic E-state index is -0.812. The van der Waals surface area contributed by atoms with Gasteiger partial charge in [-0.05, 0) is 6.42 Å². The molecule has 1 aromatic heterocycles. The summed E-state index contributed by atoms with van der Waals surface area (Å²) in [6.45, 7) is 2.88. The highest BCUT2D eigenvalue weighted by Gasteiger charge is 2.05. The van der Waals surface area contributed by atoms with Crippen molar-refractivity contribution in [2.45, 2.75) is 26.3 Å². The minimum Gasteiger partial charge on any atom is -0.481 e. The maximum absolute atomic E-state index is 10.4. The third kappa shape index (κ3) is 2.08. The van der Waals surface area contributed by atoms with Crippen molar-refractivity contribution in [1.29, 1.82) is 0 Å². The highest BCUT2D eigenvalue weighted by molar-refractivity contribution is 5.69. The topological polar surface area (TPSA) is 55.1 Å². The zero-order chi connectivity index (χ0) is 8.97. The van der Waals surface area contributed by atoms with Gasteiger partial charge in [0.25, 0.3) is 0 Å². The van der Waals surface area contributed by atoms with Crippen LogP contribution in [-0.2, 0) is 17.8 Å². The van der Waals surface area contributed by atoms with E-state index < -0.39 is 5.97 Å². The van der Waals surface area contributed by atoms with Crippen LogP contribution >= 0.6 is 0 Å². The number of rotatable bonds is 4. The molecular formula is C8H12N2O2. The molecule has 4 heteroatoms. The summed E-state index contributed by atoms with van der Waals surface area (Å²) in [5.74, 6) is -0.812. The van der Waals surface area contributed by atoms with Crippen molar-refractivity contribution >= 4 is 5.97 Å². The second-order valence-corrected chi connectivity index (χ2v) is 2.65. The van der Waals surface area contributed by atoms with Gasteiger partial charge in [-0.15, -0.1) is 0 Å². The molecule has 1 N–H and O–H groups in total. The molecule has 1 aromatic rings. The van der Waals surface area contributed by atoms with Crippen LogP contribution in [0.5, 0.6) is 0 Å². The standard InChI is InChI=1S/C8H12N2O2/c1-2-3-10-6-9-5-7(10)4-8(11)12/h5-6H,2-4H2,1H3,(H,11,12). The van der Waals surface area contributed by atoms with Crippen molar-refractivity contribution < 1.29 is 9.90 Å². The average molecular weight is 168 g/mol. The van der Waals surface area contributed by atoms with Crippen LogP contribution in [-0.4, -0.2) is 20.6 Å². The third-order valence-electron chi connectivity index (χ3n) is 1.60. The van der Waals surface area contributed by atoms with Crippen LogP contribution in [0.25, 0.3) is 0 Å². The van der Waals surface area contributed by atoms with Gasteiger partial charge in [-0.2, -0.15) is 0 Å². The van der Waals surface area contributed by atoms with Crippen LogP contribution in [0.15, 0.2) is 12.5 Å². The second kappa shape index (κ2) is 3.90. The van der Waals surface area contributed by atoms with Gasteiger partial charge < -0.3 is 9.67 Å². The Hall–Kier alpha value is -1.32. The summed E-state index contributed by atoms with van der Waals surface area (Å²) in [6.07, 6.45) is 4.31. The first-order valence-electron chi connectivity index (χ1n) is 3.95. The highest BCUT2D eigenvalue weighted by Crippen LogP contribution is 2.01. The molecule has 12 heavy (non-hydrogen) atoms. The molecule has 0 saturated carbocycles. The van der Waals surface area contributed by atoms with Crippen LogP contribution in [0.2, 0.25) is 0 Å². The van der Waals surface area contributed by atoms with Gasteiger partial charge >= 0.3 is 5.97 Å². The monoisotopic (exact) mass is 168 g/mol. The average Bonchev–Trinajstić information content (AvgIpc) is 2.37. The Balaban J connectivity index is 2.69. The molecule has 0 saturated heterocycles. The molecule has 0 aromatic carbocycles. The molecule has 0 bridgehead atoms. The molecule has 66 valence electrons. The number of aromatic nitrogens is 2. The number of imidazole rings is 1. The Kier molecular flexibility index (Phi) is 2.85. The molecule has 1 rings (SSSR count). The highest BCUT2D eigenvalue weighted by atomic mass is 16.4. The fourth-order valence-electron chi connectivity index (χ4n) is 1.09. The molecular weight excluding hydrogens is 156 g/mol. The molecule has 0 aliphatic rings. The van der Waals surface area contributed by atoms with E-state index in [2.05, 4.69) is 4.98 Å². The van der Waals surface area contributed by atoms with Crippen molar-refractivity contribution in [1.82, 2.24) is 9.55 Å². The molecule has 0 atom stereocenters. The molecule has 0 spiro atoms. The van der Waals surface area contributed by atoms with Crippen LogP contribution in [0.4, 0.5) is 0 Å². The lowest BCUT2D eigenvalue weighted by Crippen LogP contribution is -2.07. The number of carboxylic acid groups (broad SMARTS) is 1. The molecule has 0 aliphatic heterocycles. The SMILES string of the molecule is CCCn1cncc1CC(=O)O. The predicted molar refractivity (Wildman–Crippen MR) is 43.9 cm³/mol. The Labute approximate surface area is 70.9 Å². The lowest BCUT2D eigenvalue weighted by molar-refractivity contribution is -0.136. The van der Waals surface area contributed by atoms with Gasteiger partial charge in [0.2, 0.25) is 0 Å². The number of nitrogens with zero attached hydrogens (tertiary/aromatic N) is 2. The lowest BCUT2D eigenvalue weighted by atomic mass is 10.3. The predicted octanol–water partition coefficient (Wildman–Crippen LogP) is 0.920. The quantitative estimate of drug-likeness (QED) is 0.727. The molecule has 0 unspecified atom stereocenters. The van der Waals surface area contributed by atoms with Gasteiger partial charge in [-0.25, -0.2) is 4.98 Å². The normalized spacial score (nSPS) is 10.1. The first-order chi connectivity index (χ1) is 5.74. The Morgan fingerprint density at radius 1 is 1.75 bits per heavy atom. The van der Waals surface area contributed by atoms with E-state index in [0.717, 1.165) is 18.7 Å². The van der Waals surface area contributed by atoms with Gasteiger partial charge in [-0.3, -0.25) is 4.79 Å². The molecule has 0 radical (unpaired) electrons. The van der Waals surface area contributed by atoms with E-state index in [4.69, 9.17) is 5.11 Å². The van der Waals surface area contributed by atoms with E-state index in [9.17, 15) is 4.79 Å². The van der Waals surface area contributed by atoms with Crippen molar-refractivity contribution in [3.63, 3.8) is 0 Å². The number of aliphatic carboxylic acids is 1. The largest absolute Gasteiger partial charge is 0.481 e. The Morgan fingerprint density at radius 2 is 2.50 bits per heavy atom. The van der Waals surface area contributed by atoms with Crippen molar-refractivity contribution in [3.8, 4) is 0 Å². The van der Waals surface area contributed by atoms with Crippen LogP contribution in [0.1, 0.15) is 19.0 Å². The van der Waals surface area contributed by atoms with Gasteiger partial charge in [0.05, 0.1) is 12.7 Å². The summed E-state index contributed by atoms with van der Waals surface area (Å²) < 4.78 is 1.87. The van der Waals surface area contributed by atoms with E-state index in [-0.39, 0.29) is 6.42 Å². The van der Waals surface area contributed by atoms with Gasteiger partial charge in [0, 0.05) is 18.4 Å². The summed E-state index contributed by atoms with van der Waals surface area (Å²) in [7, 11) is 0. The first-order valence-corrected chi connectivity index (χ1v) is 3.95. The fraction of sp³-hybridized carbons (Fsp3) is 0.500. The first kappa shape index (κ1) is 8.77. The van der Waals surface area contributed by atoms with E-state index in [0.29, 0.717) is 0 Å². The van der Waals surface area contributed by atoms with E-state index in [1.807, 2.05) is 11.5 Å². The van der Waals surface area contributed by atoms with Crippen LogP contribution in [0, 0.1) is 0 Å². The van der Waals surface area contributed by atoms with Gasteiger partial charge in [0.15, 0.2) is 0 Å². The summed E-state index contributed by atoms with van der Waals surface area (Å²) in [5.41, 5.74) is 0.768. The van der Waals surface area contributed by atoms with Gasteiger partial charge in [0.1, 0.15) is 0 Å². The van der Waals surface area contributed by atoms with E-state index in [1.54, 1.807) is 12.5 Å². The Bertz CT molecular complexity index is 268. The Morgan fingerprint density at radius 3 is 3.08 bits per heavy atom. The van der Waals surface area contributed by atoms with Gasteiger partial charge in [-0.1, -0.05) is 6.92 Å². The number of carbonyl (C=O) groups is 1. The maximum Gasteiger partial charge on any atom is 0.309 e. The third-order valence-corrected chi connectivity index (χ3v) is 1.60. The summed E-state index contributed by atoms with van der Waals surface area (Å²) in [6, 6.07) is 0. The number of aryl methyl sites for hydroxylation is 1. The fourth-order valence-corrected chi connectivity index (χ4v) is 1.09. The number of hydrogen-bond acceptors (Lipinski definition) is 2. The molecule has 0 fully saturated rings. The maximum atomic E-state index is 10.4. The van der Waals surface area contributed by atoms with E-state index in [1.165, 1.54) is 0 Å². The minimum absolute atomic E-state index is 0.0556.